The number of hydrogen-bond acceptors (Lipinski definition) is 6. The van der Waals surface area contributed by atoms with E-state index < -0.39 is 42.8 Å². The number of aliphatic hydroxyl groups excluding tert-OH is 3. The minimum atomic E-state index is -4.55. The van der Waals surface area contributed by atoms with Gasteiger partial charge in [0, 0.05) is 6.07 Å². The Morgan fingerprint density at radius 2 is 2.10 bits per heavy atom. The van der Waals surface area contributed by atoms with Crippen molar-refractivity contribution >= 4 is 5.82 Å². The van der Waals surface area contributed by atoms with Crippen LogP contribution in [0.25, 0.3) is 0 Å². The summed E-state index contributed by atoms with van der Waals surface area (Å²) in [5, 5.41) is 36.1. The third-order valence-corrected chi connectivity index (χ3v) is 3.03. The molecule has 114 valence electrons. The predicted molar refractivity (Wildman–Crippen MR) is 59.8 cm³/mol. The summed E-state index contributed by atoms with van der Waals surface area (Å²) in [6.07, 6.45) is -8.11. The number of nitrogens with zero attached hydrogens (tertiary/aromatic N) is 1. The van der Waals surface area contributed by atoms with Gasteiger partial charge in [-0.2, -0.15) is 18.3 Å². The zero-order chi connectivity index (χ0) is 14.9. The number of aromatic nitrogens is 2. The maximum Gasteiger partial charge on any atom is 0.432 e. The topological polar surface area (TPSA) is 111 Å². The first kappa shape index (κ1) is 15.0. The molecular formula is C10H14F3N3O4. The van der Waals surface area contributed by atoms with Crippen LogP contribution in [-0.2, 0) is 10.9 Å². The molecule has 0 aromatic carbocycles. The highest BCUT2D eigenvalue weighted by Crippen LogP contribution is 2.29. The fourth-order valence-electron chi connectivity index (χ4n) is 1.90. The lowest BCUT2D eigenvalue weighted by molar-refractivity contribution is -0.152. The Labute approximate surface area is 111 Å². The maximum atomic E-state index is 12.4. The Hall–Kier alpha value is -1.36. The Bertz CT molecular complexity index is 453. The molecule has 5 N–H and O–H groups in total. The Morgan fingerprint density at radius 1 is 1.40 bits per heavy atom. The lowest BCUT2D eigenvalue weighted by Gasteiger charge is -2.37. The number of hydrogen-bond donors (Lipinski definition) is 5. The summed E-state index contributed by atoms with van der Waals surface area (Å²) in [6, 6.07) is -0.0887. The highest BCUT2D eigenvalue weighted by molar-refractivity contribution is 5.38. The highest BCUT2D eigenvalue weighted by atomic mass is 19.4. The van der Waals surface area contributed by atoms with E-state index in [1.54, 1.807) is 0 Å². The minimum Gasteiger partial charge on any atom is -0.394 e. The van der Waals surface area contributed by atoms with Crippen molar-refractivity contribution < 1.29 is 33.2 Å². The van der Waals surface area contributed by atoms with E-state index in [1.165, 1.54) is 0 Å². The fourth-order valence-corrected chi connectivity index (χ4v) is 1.90. The number of H-pyrrole nitrogens is 1. The van der Waals surface area contributed by atoms with E-state index in [9.17, 15) is 23.4 Å². The van der Waals surface area contributed by atoms with Crippen molar-refractivity contribution in [2.24, 2.45) is 0 Å². The van der Waals surface area contributed by atoms with Crippen LogP contribution < -0.4 is 5.32 Å². The van der Waals surface area contributed by atoms with Gasteiger partial charge in [0.25, 0.3) is 0 Å². The first-order valence-electron chi connectivity index (χ1n) is 5.80. The first-order chi connectivity index (χ1) is 9.32. The quantitative estimate of drug-likeness (QED) is 0.506. The number of alkyl halides is 3. The number of aliphatic hydroxyl groups is 3. The standard InChI is InChI=1S/C10H14F3N3O4/c11-10(12,13)6-1-7(16-15-6)14-4-3-20-5(2-17)9(19)8(4)18/h1,4-5,8-9,17-19H,2-3H2,(H2,14,15,16)/t4-,5-,8-,9+/m1/s1. The lowest BCUT2D eigenvalue weighted by atomic mass is 9.98. The molecule has 1 fully saturated rings. The van der Waals surface area contributed by atoms with E-state index in [0.717, 1.165) is 6.07 Å². The van der Waals surface area contributed by atoms with Crippen LogP contribution in [0, 0.1) is 0 Å². The number of rotatable bonds is 3. The molecule has 0 bridgehead atoms. The molecule has 10 heteroatoms. The number of halogens is 3. The second-order valence-electron chi connectivity index (χ2n) is 4.45. The first-order valence-corrected chi connectivity index (χ1v) is 5.80. The van der Waals surface area contributed by atoms with Crippen molar-refractivity contribution in [3.63, 3.8) is 0 Å². The molecule has 4 atom stereocenters. The summed E-state index contributed by atoms with van der Waals surface area (Å²) in [7, 11) is 0. The summed E-state index contributed by atoms with van der Waals surface area (Å²) in [6.45, 7) is -0.552. The monoisotopic (exact) mass is 297 g/mol. The van der Waals surface area contributed by atoms with Gasteiger partial charge in [0.1, 0.15) is 29.8 Å². The van der Waals surface area contributed by atoms with Gasteiger partial charge in [0.2, 0.25) is 0 Å². The molecule has 0 saturated carbocycles. The van der Waals surface area contributed by atoms with Gasteiger partial charge in [-0.25, -0.2) is 0 Å². The number of ether oxygens (including phenoxy) is 1. The van der Waals surface area contributed by atoms with Crippen molar-refractivity contribution in [3.8, 4) is 0 Å². The van der Waals surface area contributed by atoms with Crippen molar-refractivity contribution in [1.29, 1.82) is 0 Å². The second kappa shape index (κ2) is 5.56. The van der Waals surface area contributed by atoms with Crippen molar-refractivity contribution in [3.05, 3.63) is 11.8 Å². The number of aromatic amines is 1. The SMILES string of the molecule is OC[C@H]1OC[C@@H](Nc2cc(C(F)(F)F)[nH]n2)[C@@H](O)[C@H]1O. The van der Waals surface area contributed by atoms with Gasteiger partial charge in [-0.3, -0.25) is 5.10 Å². The predicted octanol–water partition coefficient (Wildman–Crippen LogP) is -0.678. The zero-order valence-corrected chi connectivity index (χ0v) is 10.1. The molecular weight excluding hydrogens is 283 g/mol. The van der Waals surface area contributed by atoms with Gasteiger partial charge in [0.15, 0.2) is 0 Å². The minimum absolute atomic E-state index is 0.0857. The second-order valence-corrected chi connectivity index (χ2v) is 4.45. The van der Waals surface area contributed by atoms with E-state index >= 15 is 0 Å². The van der Waals surface area contributed by atoms with Crippen LogP contribution in [0.4, 0.5) is 19.0 Å². The molecule has 0 amide bonds. The molecule has 1 aliphatic rings. The maximum absolute atomic E-state index is 12.4. The fraction of sp³-hybridized carbons (Fsp3) is 0.700. The van der Waals surface area contributed by atoms with Gasteiger partial charge >= 0.3 is 6.18 Å². The Morgan fingerprint density at radius 3 is 2.65 bits per heavy atom. The smallest absolute Gasteiger partial charge is 0.394 e. The molecule has 0 spiro atoms. The van der Waals surface area contributed by atoms with Crippen LogP contribution in [0.1, 0.15) is 5.69 Å². The average Bonchev–Trinajstić information content (AvgIpc) is 2.84. The molecule has 0 aliphatic carbocycles. The van der Waals surface area contributed by atoms with Crippen molar-refractivity contribution in [2.75, 3.05) is 18.5 Å². The molecule has 2 rings (SSSR count). The number of nitrogens with one attached hydrogen (secondary N) is 2. The van der Waals surface area contributed by atoms with E-state index in [0.29, 0.717) is 0 Å². The van der Waals surface area contributed by atoms with Gasteiger partial charge in [-0.05, 0) is 0 Å². The third-order valence-electron chi connectivity index (χ3n) is 3.03. The van der Waals surface area contributed by atoms with Crippen LogP contribution in [-0.4, -0.2) is 63.1 Å². The van der Waals surface area contributed by atoms with Crippen molar-refractivity contribution in [1.82, 2.24) is 10.2 Å². The summed E-state index contributed by atoms with van der Waals surface area (Å²) in [4.78, 5) is 0. The van der Waals surface area contributed by atoms with Crippen molar-refractivity contribution in [2.45, 2.75) is 30.5 Å². The van der Waals surface area contributed by atoms with Crippen LogP contribution >= 0.6 is 0 Å². The molecule has 0 unspecified atom stereocenters. The Balaban J connectivity index is 2.02. The molecule has 1 aliphatic heterocycles. The van der Waals surface area contributed by atoms with Gasteiger partial charge < -0.3 is 25.4 Å². The molecule has 20 heavy (non-hydrogen) atoms. The van der Waals surface area contributed by atoms with Crippen LogP contribution in [0.3, 0.4) is 0 Å². The molecule has 1 aromatic rings. The van der Waals surface area contributed by atoms with Crippen LogP contribution in [0.2, 0.25) is 0 Å². The highest BCUT2D eigenvalue weighted by Gasteiger charge is 2.39. The zero-order valence-electron chi connectivity index (χ0n) is 10.1. The molecule has 7 nitrogen and oxygen atoms in total. The largest absolute Gasteiger partial charge is 0.432 e. The summed E-state index contributed by atoms with van der Waals surface area (Å²) < 4.78 is 42.2. The van der Waals surface area contributed by atoms with E-state index in [-0.39, 0.29) is 12.4 Å². The molecule has 2 heterocycles. The van der Waals surface area contributed by atoms with Gasteiger partial charge in [0.05, 0.1) is 19.3 Å². The number of anilines is 1. The van der Waals surface area contributed by atoms with E-state index in [1.807, 2.05) is 5.10 Å². The van der Waals surface area contributed by atoms with Crippen LogP contribution in [0.15, 0.2) is 6.07 Å². The summed E-state index contributed by atoms with van der Waals surface area (Å²) >= 11 is 0. The van der Waals surface area contributed by atoms with Gasteiger partial charge in [-0.15, -0.1) is 0 Å². The molecule has 1 saturated heterocycles. The molecule has 0 radical (unpaired) electrons. The lowest BCUT2D eigenvalue weighted by Crippen LogP contribution is -2.56. The van der Waals surface area contributed by atoms with E-state index in [2.05, 4.69) is 10.4 Å². The average molecular weight is 297 g/mol. The Kier molecular flexibility index (Phi) is 4.18. The third kappa shape index (κ3) is 3.03. The van der Waals surface area contributed by atoms with Gasteiger partial charge in [-0.1, -0.05) is 0 Å². The van der Waals surface area contributed by atoms with E-state index in [4.69, 9.17) is 9.84 Å². The van der Waals surface area contributed by atoms with Crippen LogP contribution in [0.5, 0.6) is 0 Å². The normalized spacial score (nSPS) is 31.3. The summed E-state index contributed by atoms with van der Waals surface area (Å²) in [5.74, 6) is -0.125. The molecule has 1 aromatic heterocycles. The summed E-state index contributed by atoms with van der Waals surface area (Å²) in [5.41, 5.74) is -1.03.